The molecule has 1 aliphatic heterocycles. The van der Waals surface area contributed by atoms with Gasteiger partial charge in [-0.25, -0.2) is 0 Å². The number of benzene rings is 1. The number of aromatic hydroxyl groups is 1. The standard InChI is InChI=1S/C16H18ClNO4/c1-10(2)15-12(19)4-3-11(17)16(15)13-9-18(7-8-22-13)6-5-14(20)21/h3-4,7-10,19H,5-6H2,1-2H3,(H,20,21). The molecular formula is C16H18ClNO4. The van der Waals surface area contributed by atoms with E-state index >= 15 is 0 Å². The minimum atomic E-state index is -0.868. The molecule has 1 aliphatic rings. The van der Waals surface area contributed by atoms with E-state index in [0.717, 1.165) is 0 Å². The van der Waals surface area contributed by atoms with E-state index in [-0.39, 0.29) is 18.1 Å². The molecule has 0 fully saturated rings. The molecular weight excluding hydrogens is 306 g/mol. The Balaban J connectivity index is 2.39. The summed E-state index contributed by atoms with van der Waals surface area (Å²) in [6.07, 6.45) is 4.83. The number of phenols is 1. The molecule has 0 bridgehead atoms. The first-order valence-corrected chi connectivity index (χ1v) is 7.32. The van der Waals surface area contributed by atoms with Crippen LogP contribution in [0.3, 0.4) is 0 Å². The van der Waals surface area contributed by atoms with E-state index in [1.54, 1.807) is 29.4 Å². The van der Waals surface area contributed by atoms with E-state index < -0.39 is 5.97 Å². The molecule has 0 spiro atoms. The molecule has 0 radical (unpaired) electrons. The van der Waals surface area contributed by atoms with Gasteiger partial charge in [-0.05, 0) is 18.1 Å². The van der Waals surface area contributed by atoms with Gasteiger partial charge in [-0.1, -0.05) is 25.4 Å². The van der Waals surface area contributed by atoms with Crippen LogP contribution >= 0.6 is 11.6 Å². The Hall–Kier alpha value is -2.14. The van der Waals surface area contributed by atoms with Crippen LogP contribution in [-0.4, -0.2) is 27.6 Å². The van der Waals surface area contributed by atoms with Crippen molar-refractivity contribution in [2.75, 3.05) is 6.54 Å². The first kappa shape index (κ1) is 16.2. The van der Waals surface area contributed by atoms with Crippen LogP contribution in [0.2, 0.25) is 5.02 Å². The second-order valence-electron chi connectivity index (χ2n) is 5.29. The first-order valence-electron chi connectivity index (χ1n) is 6.94. The number of carboxylic acid groups (broad SMARTS) is 1. The lowest BCUT2D eigenvalue weighted by molar-refractivity contribution is -0.137. The zero-order valence-corrected chi connectivity index (χ0v) is 13.2. The highest BCUT2D eigenvalue weighted by atomic mass is 35.5. The van der Waals surface area contributed by atoms with Gasteiger partial charge in [-0.15, -0.1) is 0 Å². The maximum atomic E-state index is 10.7. The molecule has 0 amide bonds. The van der Waals surface area contributed by atoms with Crippen LogP contribution in [0.1, 0.15) is 37.3 Å². The summed E-state index contributed by atoms with van der Waals surface area (Å²) in [6.45, 7) is 4.23. The summed E-state index contributed by atoms with van der Waals surface area (Å²) >= 11 is 6.29. The van der Waals surface area contributed by atoms with Gasteiger partial charge in [0.05, 0.1) is 11.4 Å². The molecule has 22 heavy (non-hydrogen) atoms. The lowest BCUT2D eigenvalue weighted by atomic mass is 9.95. The van der Waals surface area contributed by atoms with E-state index in [4.69, 9.17) is 21.4 Å². The average Bonchev–Trinajstić information content (AvgIpc) is 2.47. The van der Waals surface area contributed by atoms with Gasteiger partial charge in [0.1, 0.15) is 12.0 Å². The third-order valence-corrected chi connectivity index (χ3v) is 3.62. The smallest absolute Gasteiger partial charge is 0.305 e. The Morgan fingerprint density at radius 3 is 2.77 bits per heavy atom. The molecule has 0 aromatic heterocycles. The minimum absolute atomic E-state index is 0.0128. The number of nitrogens with zero attached hydrogens (tertiary/aromatic N) is 1. The van der Waals surface area contributed by atoms with Gasteiger partial charge in [0.15, 0.2) is 5.76 Å². The molecule has 1 aromatic carbocycles. The average molecular weight is 324 g/mol. The van der Waals surface area contributed by atoms with E-state index in [1.165, 1.54) is 6.26 Å². The fourth-order valence-electron chi connectivity index (χ4n) is 2.31. The van der Waals surface area contributed by atoms with E-state index in [2.05, 4.69) is 0 Å². The summed E-state index contributed by atoms with van der Waals surface area (Å²) in [5.74, 6) is -0.173. The second kappa shape index (κ2) is 6.75. The number of hydrogen-bond donors (Lipinski definition) is 2. The highest BCUT2D eigenvalue weighted by Gasteiger charge is 2.21. The van der Waals surface area contributed by atoms with Crippen LogP contribution in [0.5, 0.6) is 5.75 Å². The Morgan fingerprint density at radius 2 is 2.14 bits per heavy atom. The highest BCUT2D eigenvalue weighted by Crippen LogP contribution is 2.39. The van der Waals surface area contributed by atoms with E-state index in [1.807, 2.05) is 13.8 Å². The molecule has 118 valence electrons. The number of aliphatic carboxylic acids is 1. The third-order valence-electron chi connectivity index (χ3n) is 3.31. The molecule has 0 unspecified atom stereocenters. The summed E-state index contributed by atoms with van der Waals surface area (Å²) in [7, 11) is 0. The summed E-state index contributed by atoms with van der Waals surface area (Å²) in [5, 5.41) is 19.3. The predicted octanol–water partition coefficient (Wildman–Crippen LogP) is 3.75. The molecule has 2 rings (SSSR count). The molecule has 5 nitrogen and oxygen atoms in total. The van der Waals surface area contributed by atoms with Crippen molar-refractivity contribution in [1.82, 2.24) is 4.90 Å². The van der Waals surface area contributed by atoms with Gasteiger partial charge >= 0.3 is 5.97 Å². The summed E-state index contributed by atoms with van der Waals surface area (Å²) < 4.78 is 5.52. The molecule has 1 aromatic rings. The monoisotopic (exact) mass is 323 g/mol. The normalized spacial score (nSPS) is 14.0. The van der Waals surface area contributed by atoms with Gasteiger partial charge in [0, 0.05) is 30.1 Å². The van der Waals surface area contributed by atoms with Crippen LogP contribution in [-0.2, 0) is 9.53 Å². The number of rotatable bonds is 5. The predicted molar refractivity (Wildman–Crippen MR) is 84.4 cm³/mol. The Bertz CT molecular complexity index is 637. The fourth-order valence-corrected chi connectivity index (χ4v) is 2.57. The maximum Gasteiger partial charge on any atom is 0.305 e. The van der Waals surface area contributed by atoms with Crippen LogP contribution in [0, 0.1) is 0 Å². The maximum absolute atomic E-state index is 10.7. The number of halogens is 1. The molecule has 0 atom stereocenters. The van der Waals surface area contributed by atoms with Gasteiger partial charge < -0.3 is 19.8 Å². The van der Waals surface area contributed by atoms with Crippen molar-refractivity contribution < 1.29 is 19.7 Å². The number of carboxylic acids is 1. The zero-order chi connectivity index (χ0) is 16.3. The third kappa shape index (κ3) is 3.54. The van der Waals surface area contributed by atoms with Gasteiger partial charge in [-0.2, -0.15) is 0 Å². The quantitative estimate of drug-likeness (QED) is 0.863. The van der Waals surface area contributed by atoms with Gasteiger partial charge in [-0.3, -0.25) is 4.79 Å². The van der Waals surface area contributed by atoms with Crippen LogP contribution in [0.4, 0.5) is 0 Å². The molecule has 2 N–H and O–H groups in total. The number of carbonyl (C=O) groups is 1. The number of ether oxygens (including phenoxy) is 1. The zero-order valence-electron chi connectivity index (χ0n) is 12.4. The SMILES string of the molecule is CC(C)c1c(O)ccc(Cl)c1C1=CN(CCC(=O)O)C=CO1. The molecule has 1 heterocycles. The van der Waals surface area contributed by atoms with Crippen molar-refractivity contribution >= 4 is 23.3 Å². The topological polar surface area (TPSA) is 70.0 Å². The number of phenolic OH excluding ortho intramolecular Hbond substituents is 1. The summed E-state index contributed by atoms with van der Waals surface area (Å²) in [5.41, 5.74) is 1.33. The van der Waals surface area contributed by atoms with Crippen molar-refractivity contribution in [1.29, 1.82) is 0 Å². The lowest BCUT2D eigenvalue weighted by Crippen LogP contribution is -2.18. The molecule has 0 saturated heterocycles. The molecule has 6 heteroatoms. The van der Waals surface area contributed by atoms with Crippen molar-refractivity contribution in [3.05, 3.63) is 46.9 Å². The largest absolute Gasteiger partial charge is 0.508 e. The second-order valence-corrected chi connectivity index (χ2v) is 5.70. The molecule has 0 saturated carbocycles. The Labute approximate surface area is 134 Å². The summed E-state index contributed by atoms with van der Waals surface area (Å²) in [6, 6.07) is 3.17. The fraction of sp³-hybridized carbons (Fsp3) is 0.312. The minimum Gasteiger partial charge on any atom is -0.508 e. The van der Waals surface area contributed by atoms with Crippen LogP contribution < -0.4 is 0 Å². The summed E-state index contributed by atoms with van der Waals surface area (Å²) in [4.78, 5) is 12.4. The van der Waals surface area contributed by atoms with E-state index in [0.29, 0.717) is 28.5 Å². The van der Waals surface area contributed by atoms with Crippen LogP contribution in [0.15, 0.2) is 30.8 Å². The molecule has 0 aliphatic carbocycles. The van der Waals surface area contributed by atoms with Crippen molar-refractivity contribution in [3.63, 3.8) is 0 Å². The first-order chi connectivity index (χ1) is 10.4. The number of hydrogen-bond acceptors (Lipinski definition) is 4. The van der Waals surface area contributed by atoms with Crippen molar-refractivity contribution in [3.8, 4) is 5.75 Å². The highest BCUT2D eigenvalue weighted by molar-refractivity contribution is 6.32. The van der Waals surface area contributed by atoms with Gasteiger partial charge in [0.25, 0.3) is 0 Å². The van der Waals surface area contributed by atoms with Crippen molar-refractivity contribution in [2.24, 2.45) is 0 Å². The van der Waals surface area contributed by atoms with Gasteiger partial charge in [0.2, 0.25) is 0 Å². The van der Waals surface area contributed by atoms with Crippen LogP contribution in [0.25, 0.3) is 5.76 Å². The van der Waals surface area contributed by atoms with E-state index in [9.17, 15) is 9.90 Å². The Morgan fingerprint density at radius 1 is 1.41 bits per heavy atom. The Kier molecular flexibility index (Phi) is 4.98. The lowest BCUT2D eigenvalue weighted by Gasteiger charge is -2.24. The van der Waals surface area contributed by atoms with Crippen molar-refractivity contribution in [2.45, 2.75) is 26.2 Å².